The van der Waals surface area contributed by atoms with Crippen molar-refractivity contribution in [1.82, 2.24) is 0 Å². The largest absolute Gasteiger partial charge is 0.374 e. The van der Waals surface area contributed by atoms with Crippen molar-refractivity contribution in [2.24, 2.45) is 0 Å². The van der Waals surface area contributed by atoms with Crippen LogP contribution in [0.2, 0.25) is 0 Å². The Morgan fingerprint density at radius 1 is 0.833 bits per heavy atom. The molecule has 0 fully saturated rings. The van der Waals surface area contributed by atoms with Gasteiger partial charge in [-0.2, -0.15) is 0 Å². The van der Waals surface area contributed by atoms with Crippen LogP contribution in [0.25, 0.3) is 0 Å². The molecule has 0 aromatic heterocycles. The van der Waals surface area contributed by atoms with Crippen molar-refractivity contribution in [3.8, 4) is 0 Å². The molecule has 0 radical (unpaired) electrons. The molecular weight excluding hydrogens is 220 g/mol. The van der Waals surface area contributed by atoms with Crippen LogP contribution >= 0.6 is 0 Å². The molecule has 0 saturated carbocycles. The second-order valence-corrected chi connectivity index (χ2v) is 5.45. The third-order valence-electron chi connectivity index (χ3n) is 3.94. The molecule has 18 heavy (non-hydrogen) atoms. The summed E-state index contributed by atoms with van der Waals surface area (Å²) in [6, 6.07) is 0. The summed E-state index contributed by atoms with van der Waals surface area (Å²) >= 11 is 0. The quantitative estimate of drug-likeness (QED) is 0.294. The van der Waals surface area contributed by atoms with Crippen LogP contribution in [0.3, 0.4) is 0 Å². The van der Waals surface area contributed by atoms with Gasteiger partial charge in [-0.15, -0.1) is 6.58 Å². The van der Waals surface area contributed by atoms with E-state index < -0.39 is 0 Å². The molecule has 0 bridgehead atoms. The number of hydrogen-bond acceptors (Lipinski definition) is 1. The zero-order chi connectivity index (χ0) is 13.7. The van der Waals surface area contributed by atoms with Gasteiger partial charge in [0.15, 0.2) is 0 Å². The predicted octanol–water partition coefficient (Wildman–Crippen LogP) is 5.89. The van der Waals surface area contributed by atoms with Crippen LogP contribution in [-0.4, -0.2) is 12.7 Å². The topological polar surface area (TPSA) is 9.23 Å². The molecule has 0 aromatic carbocycles. The lowest BCUT2D eigenvalue weighted by molar-refractivity contribution is 0.0142. The van der Waals surface area contributed by atoms with Gasteiger partial charge >= 0.3 is 0 Å². The van der Waals surface area contributed by atoms with Gasteiger partial charge in [0.1, 0.15) is 0 Å². The monoisotopic (exact) mass is 254 g/mol. The minimum Gasteiger partial charge on any atom is -0.374 e. The second kappa shape index (κ2) is 11.8. The van der Waals surface area contributed by atoms with Crippen molar-refractivity contribution in [2.75, 3.05) is 7.11 Å². The van der Waals surface area contributed by atoms with Gasteiger partial charge in [0.25, 0.3) is 0 Å². The molecular formula is C17H34O. The summed E-state index contributed by atoms with van der Waals surface area (Å²) in [5.41, 5.74) is -0.0561. The average molecular weight is 254 g/mol. The fourth-order valence-electron chi connectivity index (χ4n) is 2.47. The fraction of sp³-hybridized carbons (Fsp3) is 0.882. The van der Waals surface area contributed by atoms with Crippen LogP contribution in [0, 0.1) is 0 Å². The lowest BCUT2D eigenvalue weighted by atomic mass is 9.90. The Bertz CT molecular complexity index is 188. The Kier molecular flexibility index (Phi) is 11.6. The fourth-order valence-corrected chi connectivity index (χ4v) is 2.47. The molecule has 0 rings (SSSR count). The van der Waals surface area contributed by atoms with Gasteiger partial charge in [0.2, 0.25) is 0 Å². The van der Waals surface area contributed by atoms with Gasteiger partial charge in [0.05, 0.1) is 5.60 Å². The van der Waals surface area contributed by atoms with Gasteiger partial charge in [-0.1, -0.05) is 77.7 Å². The Morgan fingerprint density at radius 2 is 1.33 bits per heavy atom. The Hall–Kier alpha value is -0.300. The summed E-state index contributed by atoms with van der Waals surface area (Å²) in [6.45, 7) is 8.47. The molecule has 108 valence electrons. The normalized spacial score (nSPS) is 14.4. The van der Waals surface area contributed by atoms with E-state index in [1.807, 2.05) is 13.2 Å². The van der Waals surface area contributed by atoms with Gasteiger partial charge in [-0.3, -0.25) is 0 Å². The van der Waals surface area contributed by atoms with Crippen molar-refractivity contribution in [2.45, 2.75) is 90.1 Å². The zero-order valence-electron chi connectivity index (χ0n) is 13.0. The maximum Gasteiger partial charge on any atom is 0.0856 e. The van der Waals surface area contributed by atoms with E-state index in [0.29, 0.717) is 0 Å². The molecule has 0 aromatic rings. The van der Waals surface area contributed by atoms with E-state index in [-0.39, 0.29) is 5.60 Å². The Labute approximate surface area is 115 Å². The van der Waals surface area contributed by atoms with Crippen molar-refractivity contribution in [1.29, 1.82) is 0 Å². The molecule has 0 saturated heterocycles. The van der Waals surface area contributed by atoms with Gasteiger partial charge in [-0.05, 0) is 12.8 Å². The Balaban J connectivity index is 3.72. The minimum absolute atomic E-state index is 0.0561. The van der Waals surface area contributed by atoms with Gasteiger partial charge in [0, 0.05) is 7.11 Å². The summed E-state index contributed by atoms with van der Waals surface area (Å²) in [5.74, 6) is 0. The lowest BCUT2D eigenvalue weighted by Crippen LogP contribution is -2.28. The van der Waals surface area contributed by atoms with Crippen molar-refractivity contribution in [3.05, 3.63) is 12.7 Å². The van der Waals surface area contributed by atoms with Crippen molar-refractivity contribution < 1.29 is 4.74 Å². The predicted molar refractivity (Wildman–Crippen MR) is 82.1 cm³/mol. The highest BCUT2D eigenvalue weighted by Crippen LogP contribution is 2.27. The number of unbranched alkanes of at least 4 members (excludes halogenated alkanes) is 7. The highest BCUT2D eigenvalue weighted by atomic mass is 16.5. The number of hydrogen-bond donors (Lipinski definition) is 0. The molecule has 0 spiro atoms. The maximum atomic E-state index is 5.72. The molecule has 0 heterocycles. The highest BCUT2D eigenvalue weighted by Gasteiger charge is 2.24. The van der Waals surface area contributed by atoms with Crippen LogP contribution in [0.4, 0.5) is 0 Å². The minimum atomic E-state index is -0.0561. The van der Waals surface area contributed by atoms with Crippen molar-refractivity contribution >= 4 is 0 Å². The van der Waals surface area contributed by atoms with Crippen LogP contribution in [0.15, 0.2) is 12.7 Å². The average Bonchev–Trinajstić information content (AvgIpc) is 2.42. The zero-order valence-corrected chi connectivity index (χ0v) is 13.0. The SMILES string of the molecule is C=CC(CCCC)(CCCCCCCCC)OC. The first-order valence-corrected chi connectivity index (χ1v) is 7.93. The first-order chi connectivity index (χ1) is 8.74. The first kappa shape index (κ1) is 17.7. The Morgan fingerprint density at radius 3 is 1.83 bits per heavy atom. The summed E-state index contributed by atoms with van der Waals surface area (Å²) < 4.78 is 5.72. The van der Waals surface area contributed by atoms with Crippen LogP contribution in [0.5, 0.6) is 0 Å². The molecule has 1 atom stereocenters. The third kappa shape index (κ3) is 7.92. The van der Waals surface area contributed by atoms with E-state index >= 15 is 0 Å². The van der Waals surface area contributed by atoms with Crippen LogP contribution in [-0.2, 0) is 4.74 Å². The van der Waals surface area contributed by atoms with Crippen LogP contribution < -0.4 is 0 Å². The van der Waals surface area contributed by atoms with E-state index in [2.05, 4.69) is 20.4 Å². The van der Waals surface area contributed by atoms with E-state index in [9.17, 15) is 0 Å². The lowest BCUT2D eigenvalue weighted by Gasteiger charge is -2.29. The summed E-state index contributed by atoms with van der Waals surface area (Å²) in [6.07, 6.45) is 16.3. The van der Waals surface area contributed by atoms with E-state index in [4.69, 9.17) is 4.74 Å². The van der Waals surface area contributed by atoms with E-state index in [1.165, 1.54) is 57.8 Å². The summed E-state index contributed by atoms with van der Waals surface area (Å²) in [4.78, 5) is 0. The van der Waals surface area contributed by atoms with Crippen LogP contribution in [0.1, 0.15) is 84.5 Å². The summed E-state index contributed by atoms with van der Waals surface area (Å²) in [5, 5.41) is 0. The molecule has 0 amide bonds. The van der Waals surface area contributed by atoms with E-state index in [1.54, 1.807) is 0 Å². The number of rotatable bonds is 13. The standard InChI is InChI=1S/C17H34O/c1-5-8-10-11-12-13-14-16-17(7-3,18-4)15-9-6-2/h7H,3,5-6,8-16H2,1-2,4H3. The molecule has 0 aliphatic rings. The molecule has 1 heteroatoms. The molecule has 0 N–H and O–H groups in total. The smallest absolute Gasteiger partial charge is 0.0856 e. The second-order valence-electron chi connectivity index (χ2n) is 5.45. The molecule has 0 aliphatic heterocycles. The third-order valence-corrected chi connectivity index (χ3v) is 3.94. The van der Waals surface area contributed by atoms with Crippen molar-refractivity contribution in [3.63, 3.8) is 0 Å². The van der Waals surface area contributed by atoms with Gasteiger partial charge in [-0.25, -0.2) is 0 Å². The van der Waals surface area contributed by atoms with E-state index in [0.717, 1.165) is 12.8 Å². The maximum absolute atomic E-state index is 5.72. The molecule has 0 aliphatic carbocycles. The summed E-state index contributed by atoms with van der Waals surface area (Å²) in [7, 11) is 1.83. The number of methoxy groups -OCH3 is 1. The number of ether oxygens (including phenoxy) is 1. The molecule has 1 unspecified atom stereocenters. The highest BCUT2D eigenvalue weighted by molar-refractivity contribution is 4.96. The molecule has 1 nitrogen and oxygen atoms in total. The first-order valence-electron chi connectivity index (χ1n) is 7.93. The van der Waals surface area contributed by atoms with Gasteiger partial charge < -0.3 is 4.74 Å².